The molecule has 1 saturated heterocycles. The van der Waals surface area contributed by atoms with Gasteiger partial charge in [0.05, 0.1) is 11.2 Å². The van der Waals surface area contributed by atoms with E-state index < -0.39 is 0 Å². The van der Waals surface area contributed by atoms with E-state index in [2.05, 4.69) is 71.5 Å². The van der Waals surface area contributed by atoms with Gasteiger partial charge in [-0.3, -0.25) is 0 Å². The summed E-state index contributed by atoms with van der Waals surface area (Å²) >= 11 is 0. The zero-order valence-electron chi connectivity index (χ0n) is 14.0. The van der Waals surface area contributed by atoms with Crippen LogP contribution in [-0.4, -0.2) is 18.3 Å². The van der Waals surface area contributed by atoms with E-state index in [1.165, 1.54) is 11.1 Å². The number of hydrogen-bond donors (Lipinski definition) is 0. The summed E-state index contributed by atoms with van der Waals surface area (Å²) in [7, 11) is -0.153. The van der Waals surface area contributed by atoms with Crippen LogP contribution in [0.5, 0.6) is 0 Å². The lowest BCUT2D eigenvalue weighted by atomic mass is 9.73. The van der Waals surface area contributed by atoms with E-state index in [1.807, 2.05) is 0 Å². The summed E-state index contributed by atoms with van der Waals surface area (Å²) in [5, 5.41) is 0. The molecule has 0 aromatic heterocycles. The molecule has 0 spiro atoms. The first-order chi connectivity index (χ1) is 9.71. The Morgan fingerprint density at radius 1 is 1.10 bits per heavy atom. The van der Waals surface area contributed by atoms with Crippen LogP contribution in [0.1, 0.15) is 52.5 Å². The highest BCUT2D eigenvalue weighted by atomic mass is 16.7. The predicted octanol–water partition coefficient (Wildman–Crippen LogP) is 4.83. The molecule has 1 heterocycles. The van der Waals surface area contributed by atoms with E-state index in [9.17, 15) is 0 Å². The summed E-state index contributed by atoms with van der Waals surface area (Å²) in [5.41, 5.74) is 2.00. The van der Waals surface area contributed by atoms with Gasteiger partial charge < -0.3 is 9.31 Å². The van der Waals surface area contributed by atoms with Crippen molar-refractivity contribution in [3.8, 4) is 0 Å². The third-order valence-electron chi connectivity index (χ3n) is 4.64. The molecule has 1 aromatic carbocycles. The van der Waals surface area contributed by atoms with Gasteiger partial charge in [-0.15, -0.1) is 6.58 Å². The Bertz CT molecular complexity index is 477. The number of allylic oxidation sites excluding steroid dienone is 1. The van der Waals surface area contributed by atoms with Crippen molar-refractivity contribution >= 4 is 7.12 Å². The topological polar surface area (TPSA) is 18.5 Å². The largest absolute Gasteiger partial charge is 0.458 e. The molecule has 1 aliphatic heterocycles. The second-order valence-corrected chi connectivity index (χ2v) is 7.19. The summed E-state index contributed by atoms with van der Waals surface area (Å²) in [6.07, 6.45) is 1.83. The van der Waals surface area contributed by atoms with Gasteiger partial charge in [-0.2, -0.15) is 0 Å². The normalized spacial score (nSPS) is 21.3. The van der Waals surface area contributed by atoms with Crippen molar-refractivity contribution in [1.82, 2.24) is 0 Å². The smallest absolute Gasteiger partial charge is 0.403 e. The number of benzene rings is 1. The van der Waals surface area contributed by atoms with E-state index in [-0.39, 0.29) is 18.3 Å². The molecule has 1 atom stereocenters. The quantitative estimate of drug-likeness (QED) is 0.570. The average Bonchev–Trinajstić information content (AvgIpc) is 2.57. The Morgan fingerprint density at radius 3 is 2.10 bits per heavy atom. The van der Waals surface area contributed by atoms with E-state index in [0.717, 1.165) is 12.7 Å². The van der Waals surface area contributed by atoms with Gasteiger partial charge in [-0.25, -0.2) is 0 Å². The Labute approximate surface area is 129 Å². The van der Waals surface area contributed by atoms with Crippen LogP contribution in [0.15, 0.2) is 42.5 Å². The van der Waals surface area contributed by atoms with Crippen LogP contribution in [0.25, 0.3) is 0 Å². The highest BCUT2D eigenvalue weighted by molar-refractivity contribution is 6.45. The fraction of sp³-hybridized carbons (Fsp3) is 0.556. The van der Waals surface area contributed by atoms with Crippen molar-refractivity contribution in [2.45, 2.75) is 64.5 Å². The molecule has 0 bridgehead atoms. The molecule has 114 valence electrons. The van der Waals surface area contributed by atoms with Gasteiger partial charge in [0, 0.05) is 0 Å². The molecule has 3 heteroatoms. The van der Waals surface area contributed by atoms with Gasteiger partial charge in [0.2, 0.25) is 0 Å². The van der Waals surface area contributed by atoms with Crippen molar-refractivity contribution in [3.05, 3.63) is 48.0 Å². The molecule has 1 aliphatic rings. The van der Waals surface area contributed by atoms with E-state index in [1.54, 1.807) is 0 Å². The summed E-state index contributed by atoms with van der Waals surface area (Å²) in [4.78, 5) is 0. The molecule has 1 aromatic rings. The number of hydrogen-bond acceptors (Lipinski definition) is 2. The van der Waals surface area contributed by atoms with Gasteiger partial charge in [-0.1, -0.05) is 35.9 Å². The van der Waals surface area contributed by atoms with Gasteiger partial charge in [0.15, 0.2) is 0 Å². The second kappa shape index (κ2) is 5.98. The Balaban J connectivity index is 2.12. The SMILES string of the molecule is C=C(C)C[C@@H](CB1OC(C)(C)C(C)(C)O1)c1ccccc1. The van der Waals surface area contributed by atoms with Crippen LogP contribution in [0.4, 0.5) is 0 Å². The summed E-state index contributed by atoms with van der Waals surface area (Å²) < 4.78 is 12.3. The molecule has 0 amide bonds. The zero-order valence-corrected chi connectivity index (χ0v) is 14.0. The molecule has 0 unspecified atom stereocenters. The highest BCUT2D eigenvalue weighted by Gasteiger charge is 2.51. The maximum absolute atomic E-state index is 6.15. The minimum atomic E-state index is -0.262. The minimum absolute atomic E-state index is 0.153. The van der Waals surface area contributed by atoms with Crippen molar-refractivity contribution in [1.29, 1.82) is 0 Å². The standard InChI is InChI=1S/C18H27BO2/c1-14(2)12-16(15-10-8-7-9-11-15)13-19-20-17(3,4)18(5,6)21-19/h7-11,16H,1,12-13H2,2-6H3/t16-/m0/s1. The maximum Gasteiger partial charge on any atom is 0.458 e. The highest BCUT2D eigenvalue weighted by Crippen LogP contribution is 2.40. The van der Waals surface area contributed by atoms with Gasteiger partial charge in [-0.05, 0) is 58.8 Å². The van der Waals surface area contributed by atoms with Crippen LogP contribution in [0, 0.1) is 0 Å². The predicted molar refractivity (Wildman–Crippen MR) is 89.5 cm³/mol. The molecule has 0 saturated carbocycles. The van der Waals surface area contributed by atoms with Crippen molar-refractivity contribution in [2.24, 2.45) is 0 Å². The monoisotopic (exact) mass is 286 g/mol. The molecular weight excluding hydrogens is 259 g/mol. The molecule has 0 radical (unpaired) electrons. The lowest BCUT2D eigenvalue weighted by Crippen LogP contribution is -2.41. The molecule has 1 fully saturated rings. The molecular formula is C18H27BO2. The first kappa shape index (κ1) is 16.3. The van der Waals surface area contributed by atoms with Crippen molar-refractivity contribution in [3.63, 3.8) is 0 Å². The lowest BCUT2D eigenvalue weighted by molar-refractivity contribution is 0.00578. The minimum Gasteiger partial charge on any atom is -0.403 e. The van der Waals surface area contributed by atoms with Crippen molar-refractivity contribution in [2.75, 3.05) is 0 Å². The zero-order chi connectivity index (χ0) is 15.7. The van der Waals surface area contributed by atoms with E-state index in [4.69, 9.17) is 9.31 Å². The van der Waals surface area contributed by atoms with Crippen LogP contribution in [0.2, 0.25) is 6.32 Å². The third kappa shape index (κ3) is 3.78. The Morgan fingerprint density at radius 2 is 1.62 bits per heavy atom. The summed E-state index contributed by atoms with van der Waals surface area (Å²) in [6, 6.07) is 10.6. The van der Waals surface area contributed by atoms with Gasteiger partial charge in [0.25, 0.3) is 0 Å². The molecule has 0 N–H and O–H groups in total. The van der Waals surface area contributed by atoms with Crippen molar-refractivity contribution < 1.29 is 9.31 Å². The lowest BCUT2D eigenvalue weighted by Gasteiger charge is -2.32. The molecule has 2 nitrogen and oxygen atoms in total. The second-order valence-electron chi connectivity index (χ2n) is 7.19. The third-order valence-corrected chi connectivity index (χ3v) is 4.64. The summed E-state index contributed by atoms with van der Waals surface area (Å²) in [5.74, 6) is 0.387. The van der Waals surface area contributed by atoms with Crippen LogP contribution in [-0.2, 0) is 9.31 Å². The van der Waals surface area contributed by atoms with E-state index in [0.29, 0.717) is 5.92 Å². The number of rotatable bonds is 5. The fourth-order valence-corrected chi connectivity index (χ4v) is 2.78. The molecule has 2 rings (SSSR count). The van der Waals surface area contributed by atoms with Crippen LogP contribution in [0.3, 0.4) is 0 Å². The fourth-order valence-electron chi connectivity index (χ4n) is 2.78. The van der Waals surface area contributed by atoms with Gasteiger partial charge >= 0.3 is 7.12 Å². The first-order valence-corrected chi connectivity index (χ1v) is 7.76. The Kier molecular flexibility index (Phi) is 4.65. The summed E-state index contributed by atoms with van der Waals surface area (Å²) in [6.45, 7) is 14.6. The van der Waals surface area contributed by atoms with E-state index >= 15 is 0 Å². The van der Waals surface area contributed by atoms with Gasteiger partial charge in [0.1, 0.15) is 0 Å². The molecule has 0 aliphatic carbocycles. The van der Waals surface area contributed by atoms with Crippen LogP contribution < -0.4 is 0 Å². The first-order valence-electron chi connectivity index (χ1n) is 7.76. The average molecular weight is 286 g/mol. The Hall–Kier alpha value is -1.06. The van der Waals surface area contributed by atoms with Crippen LogP contribution >= 0.6 is 0 Å². The molecule has 21 heavy (non-hydrogen) atoms. The maximum atomic E-state index is 6.15.